The third kappa shape index (κ3) is 6.65. The van der Waals surface area contributed by atoms with Gasteiger partial charge in [0.1, 0.15) is 0 Å². The van der Waals surface area contributed by atoms with Gasteiger partial charge in [0.2, 0.25) is 21.8 Å². The van der Waals surface area contributed by atoms with Crippen LogP contribution in [0.5, 0.6) is 0 Å². The minimum atomic E-state index is -3.66. The maximum atomic E-state index is 12.9. The van der Waals surface area contributed by atoms with Gasteiger partial charge in [-0.2, -0.15) is 9.57 Å². The minimum absolute atomic E-state index is 0.0427. The van der Waals surface area contributed by atoms with E-state index in [0.717, 1.165) is 5.56 Å². The fraction of sp³-hybridized carbons (Fsp3) is 0.400. The van der Waals surface area contributed by atoms with Crippen molar-refractivity contribution in [1.29, 1.82) is 5.26 Å². The molecule has 3 rings (SSSR count). The highest BCUT2D eigenvalue weighted by Gasteiger charge is 2.32. The Morgan fingerprint density at radius 3 is 2.41 bits per heavy atom. The monoisotopic (exact) mass is 482 g/mol. The van der Waals surface area contributed by atoms with Gasteiger partial charge in [-0.1, -0.05) is 26.0 Å². The fourth-order valence-electron chi connectivity index (χ4n) is 3.88. The topological polar surface area (TPSA) is 119 Å². The van der Waals surface area contributed by atoms with Crippen LogP contribution in [0.3, 0.4) is 0 Å². The standard InChI is InChI=1S/C25H30N4O4S/c1-18(2)14-24(30)28-22-5-3-4-20(15-22)17-27-25(31)21-10-12-29(13-11-21)34(32,33)23-8-6-19(16-26)7-9-23/h3-9,15,18,21H,10-14,17H2,1-2H3,(H,27,31)(H,28,30). The highest BCUT2D eigenvalue weighted by molar-refractivity contribution is 7.89. The molecule has 0 bridgehead atoms. The van der Waals surface area contributed by atoms with E-state index in [9.17, 15) is 18.0 Å². The molecule has 1 aliphatic rings. The summed E-state index contributed by atoms with van der Waals surface area (Å²) < 4.78 is 27.1. The second kappa shape index (κ2) is 11.3. The molecule has 0 aliphatic carbocycles. The van der Waals surface area contributed by atoms with Gasteiger partial charge in [-0.15, -0.1) is 0 Å². The van der Waals surface area contributed by atoms with Crippen molar-refractivity contribution in [2.45, 2.75) is 44.6 Å². The number of nitrogens with one attached hydrogen (secondary N) is 2. The van der Waals surface area contributed by atoms with E-state index < -0.39 is 10.0 Å². The molecule has 0 radical (unpaired) electrons. The molecular weight excluding hydrogens is 452 g/mol. The van der Waals surface area contributed by atoms with Crippen molar-refractivity contribution in [2.75, 3.05) is 18.4 Å². The number of piperidine rings is 1. The number of nitrogens with zero attached hydrogens (tertiary/aromatic N) is 2. The maximum absolute atomic E-state index is 12.9. The molecule has 1 aliphatic heterocycles. The first-order valence-corrected chi connectivity index (χ1v) is 12.8. The van der Waals surface area contributed by atoms with Crippen molar-refractivity contribution in [1.82, 2.24) is 9.62 Å². The zero-order valence-electron chi connectivity index (χ0n) is 19.5. The van der Waals surface area contributed by atoms with E-state index in [1.54, 1.807) is 0 Å². The van der Waals surface area contributed by atoms with Gasteiger partial charge < -0.3 is 10.6 Å². The molecule has 1 fully saturated rings. The molecule has 0 atom stereocenters. The smallest absolute Gasteiger partial charge is 0.243 e. The summed E-state index contributed by atoms with van der Waals surface area (Å²) in [6, 6.07) is 15.2. The number of carbonyl (C=O) groups excluding carboxylic acids is 2. The molecule has 9 heteroatoms. The van der Waals surface area contributed by atoms with E-state index in [1.165, 1.54) is 28.6 Å². The number of hydrogen-bond acceptors (Lipinski definition) is 5. The van der Waals surface area contributed by atoms with Crippen molar-refractivity contribution in [3.8, 4) is 6.07 Å². The SMILES string of the molecule is CC(C)CC(=O)Nc1cccc(CNC(=O)C2CCN(S(=O)(=O)c3ccc(C#N)cc3)CC2)c1. The Kier molecular flexibility index (Phi) is 8.42. The number of carbonyl (C=O) groups is 2. The van der Waals surface area contributed by atoms with Gasteiger partial charge in [-0.25, -0.2) is 8.42 Å². The van der Waals surface area contributed by atoms with Crippen LogP contribution in [0.2, 0.25) is 0 Å². The first kappa shape index (κ1) is 25.4. The molecule has 180 valence electrons. The molecule has 1 heterocycles. The molecule has 2 N–H and O–H groups in total. The van der Waals surface area contributed by atoms with Crippen LogP contribution in [0.1, 0.15) is 44.2 Å². The fourth-order valence-corrected chi connectivity index (χ4v) is 5.35. The van der Waals surface area contributed by atoms with Crippen LogP contribution in [0, 0.1) is 23.2 Å². The molecule has 1 saturated heterocycles. The van der Waals surface area contributed by atoms with Crippen LogP contribution in [-0.2, 0) is 26.2 Å². The average molecular weight is 483 g/mol. The lowest BCUT2D eigenvalue weighted by atomic mass is 9.97. The second-order valence-electron chi connectivity index (χ2n) is 8.88. The number of amides is 2. The lowest BCUT2D eigenvalue weighted by Crippen LogP contribution is -2.42. The number of benzene rings is 2. The summed E-state index contributed by atoms with van der Waals surface area (Å²) in [7, 11) is -3.66. The van der Waals surface area contributed by atoms with E-state index in [2.05, 4.69) is 10.6 Å². The molecule has 34 heavy (non-hydrogen) atoms. The van der Waals surface area contributed by atoms with E-state index in [4.69, 9.17) is 5.26 Å². The van der Waals surface area contributed by atoms with E-state index in [1.807, 2.05) is 44.2 Å². The van der Waals surface area contributed by atoms with Crippen molar-refractivity contribution < 1.29 is 18.0 Å². The number of anilines is 1. The zero-order valence-corrected chi connectivity index (χ0v) is 20.3. The average Bonchev–Trinajstić information content (AvgIpc) is 2.82. The predicted molar refractivity (Wildman–Crippen MR) is 129 cm³/mol. The Hall–Kier alpha value is -3.22. The molecule has 2 aromatic rings. The van der Waals surface area contributed by atoms with Gasteiger partial charge in [0, 0.05) is 37.7 Å². The number of nitriles is 1. The van der Waals surface area contributed by atoms with Gasteiger partial charge in [-0.05, 0) is 60.7 Å². The maximum Gasteiger partial charge on any atom is 0.243 e. The number of rotatable bonds is 8. The summed E-state index contributed by atoms with van der Waals surface area (Å²) in [6.45, 7) is 4.82. The summed E-state index contributed by atoms with van der Waals surface area (Å²) in [5, 5.41) is 14.7. The summed E-state index contributed by atoms with van der Waals surface area (Å²) in [5.74, 6) is -0.141. The largest absolute Gasteiger partial charge is 0.352 e. The molecule has 2 aromatic carbocycles. The molecular formula is C25H30N4O4S. The third-order valence-corrected chi connectivity index (χ3v) is 7.63. The van der Waals surface area contributed by atoms with Crippen molar-refractivity contribution in [2.24, 2.45) is 11.8 Å². The van der Waals surface area contributed by atoms with Crippen LogP contribution >= 0.6 is 0 Å². The summed E-state index contributed by atoms with van der Waals surface area (Å²) in [6.07, 6.45) is 1.32. The van der Waals surface area contributed by atoms with Gasteiger partial charge in [0.25, 0.3) is 0 Å². The summed E-state index contributed by atoms with van der Waals surface area (Å²) in [4.78, 5) is 24.8. The quantitative estimate of drug-likeness (QED) is 0.599. The normalized spacial score (nSPS) is 15.0. The van der Waals surface area contributed by atoms with Gasteiger partial charge in [0.05, 0.1) is 16.5 Å². The minimum Gasteiger partial charge on any atom is -0.352 e. The molecule has 2 amide bonds. The van der Waals surface area contributed by atoms with Crippen LogP contribution in [0.15, 0.2) is 53.4 Å². The van der Waals surface area contributed by atoms with Crippen LogP contribution < -0.4 is 10.6 Å². The predicted octanol–water partition coefficient (Wildman–Crippen LogP) is 3.26. The molecule has 0 unspecified atom stereocenters. The number of hydrogen-bond donors (Lipinski definition) is 2. The Morgan fingerprint density at radius 1 is 1.12 bits per heavy atom. The highest BCUT2D eigenvalue weighted by atomic mass is 32.2. The Bertz CT molecular complexity index is 1160. The summed E-state index contributed by atoms with van der Waals surface area (Å²) in [5.41, 5.74) is 1.97. The van der Waals surface area contributed by atoms with E-state index in [0.29, 0.717) is 37.1 Å². The zero-order chi connectivity index (χ0) is 24.7. The Morgan fingerprint density at radius 2 is 1.79 bits per heavy atom. The third-order valence-electron chi connectivity index (χ3n) is 5.72. The first-order chi connectivity index (χ1) is 16.2. The number of sulfonamides is 1. The van der Waals surface area contributed by atoms with E-state index in [-0.39, 0.29) is 41.6 Å². The highest BCUT2D eigenvalue weighted by Crippen LogP contribution is 2.24. The lowest BCUT2D eigenvalue weighted by molar-refractivity contribution is -0.126. The van der Waals surface area contributed by atoms with Crippen LogP contribution in [0.25, 0.3) is 0 Å². The van der Waals surface area contributed by atoms with Gasteiger partial charge in [-0.3, -0.25) is 9.59 Å². The summed E-state index contributed by atoms with van der Waals surface area (Å²) >= 11 is 0. The first-order valence-electron chi connectivity index (χ1n) is 11.4. The van der Waals surface area contributed by atoms with Gasteiger partial charge in [0.15, 0.2) is 0 Å². The second-order valence-corrected chi connectivity index (χ2v) is 10.8. The molecule has 8 nitrogen and oxygen atoms in total. The van der Waals surface area contributed by atoms with Gasteiger partial charge >= 0.3 is 0 Å². The molecule has 0 aromatic heterocycles. The molecule has 0 saturated carbocycles. The van der Waals surface area contributed by atoms with Crippen molar-refractivity contribution in [3.63, 3.8) is 0 Å². The van der Waals surface area contributed by atoms with Crippen molar-refractivity contribution in [3.05, 3.63) is 59.7 Å². The van der Waals surface area contributed by atoms with Crippen LogP contribution in [-0.4, -0.2) is 37.6 Å². The molecule has 0 spiro atoms. The van der Waals surface area contributed by atoms with Crippen LogP contribution in [0.4, 0.5) is 5.69 Å². The Labute approximate surface area is 201 Å². The van der Waals surface area contributed by atoms with E-state index >= 15 is 0 Å². The lowest BCUT2D eigenvalue weighted by Gasteiger charge is -2.30. The van der Waals surface area contributed by atoms with Crippen molar-refractivity contribution >= 4 is 27.5 Å². The Balaban J connectivity index is 1.51.